The smallest absolute Gasteiger partial charge is 0.389 e. The van der Waals surface area contributed by atoms with Gasteiger partial charge in [0.15, 0.2) is 5.78 Å². The molecule has 2 N–H and O–H groups in total. The summed E-state index contributed by atoms with van der Waals surface area (Å²) in [5.41, 5.74) is 0.537. The highest BCUT2D eigenvalue weighted by molar-refractivity contribution is 6.13. The lowest BCUT2D eigenvalue weighted by molar-refractivity contribution is -0.298. The predicted octanol–water partition coefficient (Wildman–Crippen LogP) is 2.91. The number of allylic oxidation sites excluding steroid dienone is 2. The molecule has 4 aliphatic rings. The Labute approximate surface area is 171 Å². The number of hydrogen-bond donors (Lipinski definition) is 2. The van der Waals surface area contributed by atoms with E-state index in [9.17, 15) is 24.6 Å². The number of ether oxygens (including phenoxy) is 1. The van der Waals surface area contributed by atoms with Crippen LogP contribution in [-0.4, -0.2) is 33.7 Å². The van der Waals surface area contributed by atoms with Crippen molar-refractivity contribution in [2.75, 3.05) is 0 Å². The summed E-state index contributed by atoms with van der Waals surface area (Å²) >= 11 is 0. The van der Waals surface area contributed by atoms with Crippen LogP contribution in [0.25, 0.3) is 0 Å². The second-order valence-corrected chi connectivity index (χ2v) is 10.2. The molecule has 4 aliphatic carbocycles. The highest BCUT2D eigenvalue weighted by Crippen LogP contribution is 2.65. The van der Waals surface area contributed by atoms with Crippen molar-refractivity contribution in [2.24, 2.45) is 34.5 Å². The Bertz CT molecular complexity index is 782. The van der Waals surface area contributed by atoms with Crippen LogP contribution in [0, 0.1) is 34.5 Å². The standard InChI is InChI=1S/C23H32O6/c1-13(24)29-23(27,28)20(26)19-18(25)12-17-15-8-7-14-6-4-5-10-21(14,2)16(15)9-11-22(17,19)3/h12,14-16,19,27-28H,4-11H2,1-3H3/t14?,15-,16+,19-,21+,22+/m1/s1. The number of fused-ring (bicyclic) bond motifs is 5. The Morgan fingerprint density at radius 3 is 2.52 bits per heavy atom. The first-order valence-electron chi connectivity index (χ1n) is 11.0. The van der Waals surface area contributed by atoms with Crippen molar-refractivity contribution >= 4 is 17.5 Å². The van der Waals surface area contributed by atoms with E-state index in [-0.39, 0.29) is 11.3 Å². The van der Waals surface area contributed by atoms with Crippen LogP contribution in [0.2, 0.25) is 0 Å². The molecule has 0 aromatic heterocycles. The molecular weight excluding hydrogens is 372 g/mol. The molecule has 0 bridgehead atoms. The molecule has 0 radical (unpaired) electrons. The molecule has 0 aliphatic heterocycles. The largest absolute Gasteiger partial charge is 0.402 e. The lowest BCUT2D eigenvalue weighted by Gasteiger charge is -2.58. The first-order chi connectivity index (χ1) is 13.5. The van der Waals surface area contributed by atoms with Gasteiger partial charge in [-0.15, -0.1) is 0 Å². The number of esters is 1. The molecule has 6 atom stereocenters. The van der Waals surface area contributed by atoms with Gasteiger partial charge in [0.25, 0.3) is 0 Å². The summed E-state index contributed by atoms with van der Waals surface area (Å²) in [7, 11) is 0. The summed E-state index contributed by atoms with van der Waals surface area (Å²) in [4.78, 5) is 37.0. The van der Waals surface area contributed by atoms with Crippen LogP contribution >= 0.6 is 0 Å². The highest BCUT2D eigenvalue weighted by atomic mass is 16.8. The maximum atomic E-state index is 12.9. The third-order valence-corrected chi connectivity index (χ3v) is 8.73. The van der Waals surface area contributed by atoms with Crippen molar-refractivity contribution in [3.05, 3.63) is 11.6 Å². The zero-order valence-corrected chi connectivity index (χ0v) is 17.6. The summed E-state index contributed by atoms with van der Waals surface area (Å²) in [5, 5.41) is 20.1. The second kappa shape index (κ2) is 6.74. The van der Waals surface area contributed by atoms with Gasteiger partial charge in [-0.3, -0.25) is 14.4 Å². The molecule has 0 aromatic carbocycles. The van der Waals surface area contributed by atoms with Gasteiger partial charge in [0.2, 0.25) is 5.78 Å². The van der Waals surface area contributed by atoms with Crippen LogP contribution in [0.15, 0.2) is 11.6 Å². The third kappa shape index (κ3) is 3.02. The van der Waals surface area contributed by atoms with Gasteiger partial charge < -0.3 is 14.9 Å². The van der Waals surface area contributed by atoms with Crippen molar-refractivity contribution in [1.82, 2.24) is 0 Å². The fraction of sp³-hybridized carbons (Fsp3) is 0.783. The Hall–Kier alpha value is -1.53. The van der Waals surface area contributed by atoms with Gasteiger partial charge in [0.05, 0.1) is 5.92 Å². The summed E-state index contributed by atoms with van der Waals surface area (Å²) < 4.78 is 4.43. The van der Waals surface area contributed by atoms with Crippen molar-refractivity contribution in [2.45, 2.75) is 78.1 Å². The van der Waals surface area contributed by atoms with Crippen molar-refractivity contribution < 1.29 is 29.3 Å². The molecule has 0 spiro atoms. The minimum absolute atomic E-state index is 0.260. The first kappa shape index (κ1) is 20.7. The molecule has 6 heteroatoms. The lowest BCUT2D eigenvalue weighted by Crippen LogP contribution is -2.54. The third-order valence-electron chi connectivity index (χ3n) is 8.73. The number of carbonyl (C=O) groups is 3. The van der Waals surface area contributed by atoms with Gasteiger partial charge in [0, 0.05) is 12.3 Å². The van der Waals surface area contributed by atoms with Crippen LogP contribution in [0.5, 0.6) is 0 Å². The SMILES string of the molecule is CC(=O)OC(O)(O)C(=O)[C@H]1C(=O)C=C2[C@@H]3CCC4CCCC[C@]4(C)[C@H]3CC[C@@]21C. The van der Waals surface area contributed by atoms with E-state index in [0.717, 1.165) is 37.7 Å². The number of ketones is 2. The van der Waals surface area contributed by atoms with Crippen LogP contribution in [-0.2, 0) is 19.1 Å². The van der Waals surface area contributed by atoms with Crippen LogP contribution in [0.4, 0.5) is 0 Å². The average molecular weight is 405 g/mol. The van der Waals surface area contributed by atoms with E-state index in [1.807, 2.05) is 6.92 Å². The normalized spacial score (nSPS) is 41.7. The number of rotatable bonds is 3. The zero-order chi connectivity index (χ0) is 21.2. The molecule has 3 fully saturated rings. The molecule has 0 heterocycles. The van der Waals surface area contributed by atoms with E-state index >= 15 is 0 Å². The van der Waals surface area contributed by atoms with Crippen LogP contribution < -0.4 is 0 Å². The Kier molecular flexibility index (Phi) is 4.82. The number of hydrogen-bond acceptors (Lipinski definition) is 6. The molecule has 160 valence electrons. The van der Waals surface area contributed by atoms with Gasteiger partial charge in [-0.2, -0.15) is 0 Å². The summed E-state index contributed by atoms with van der Waals surface area (Å²) in [6.07, 6.45) is 10.4. The Morgan fingerprint density at radius 1 is 1.10 bits per heavy atom. The van der Waals surface area contributed by atoms with E-state index in [1.54, 1.807) is 6.08 Å². The minimum Gasteiger partial charge on any atom is -0.402 e. The van der Waals surface area contributed by atoms with E-state index in [1.165, 1.54) is 25.7 Å². The average Bonchev–Trinajstić information content (AvgIpc) is 2.89. The molecule has 6 nitrogen and oxygen atoms in total. The van der Waals surface area contributed by atoms with E-state index in [2.05, 4.69) is 11.7 Å². The molecule has 0 saturated heterocycles. The Balaban J connectivity index is 1.64. The molecular formula is C23H32O6. The van der Waals surface area contributed by atoms with Crippen molar-refractivity contribution in [3.8, 4) is 0 Å². The van der Waals surface area contributed by atoms with E-state index in [4.69, 9.17) is 0 Å². The van der Waals surface area contributed by atoms with E-state index < -0.39 is 34.8 Å². The molecule has 0 amide bonds. The monoisotopic (exact) mass is 404 g/mol. The quantitative estimate of drug-likeness (QED) is 0.426. The van der Waals surface area contributed by atoms with Gasteiger partial charge in [-0.1, -0.05) is 32.3 Å². The molecule has 29 heavy (non-hydrogen) atoms. The van der Waals surface area contributed by atoms with Gasteiger partial charge in [0.1, 0.15) is 0 Å². The Morgan fingerprint density at radius 2 is 1.83 bits per heavy atom. The molecule has 4 rings (SSSR count). The highest BCUT2D eigenvalue weighted by Gasteiger charge is 2.62. The minimum atomic E-state index is -3.28. The second-order valence-electron chi connectivity index (χ2n) is 10.2. The lowest BCUT2D eigenvalue weighted by atomic mass is 9.46. The maximum absolute atomic E-state index is 12.9. The first-order valence-corrected chi connectivity index (χ1v) is 11.0. The van der Waals surface area contributed by atoms with Gasteiger partial charge in [-0.25, -0.2) is 0 Å². The fourth-order valence-corrected chi connectivity index (χ4v) is 7.35. The van der Waals surface area contributed by atoms with Crippen molar-refractivity contribution in [3.63, 3.8) is 0 Å². The van der Waals surface area contributed by atoms with E-state index in [0.29, 0.717) is 12.3 Å². The summed E-state index contributed by atoms with van der Waals surface area (Å²) in [6, 6.07) is 0. The van der Waals surface area contributed by atoms with Gasteiger partial charge >= 0.3 is 11.9 Å². The summed E-state index contributed by atoms with van der Waals surface area (Å²) in [5.74, 6) is -5.51. The van der Waals surface area contributed by atoms with Gasteiger partial charge in [-0.05, 0) is 67.8 Å². The van der Waals surface area contributed by atoms with Crippen LogP contribution in [0.1, 0.15) is 72.1 Å². The molecule has 1 unspecified atom stereocenters. The van der Waals surface area contributed by atoms with Crippen molar-refractivity contribution in [1.29, 1.82) is 0 Å². The summed E-state index contributed by atoms with van der Waals surface area (Å²) in [6.45, 7) is 5.30. The predicted molar refractivity (Wildman–Crippen MR) is 104 cm³/mol. The number of carbonyl (C=O) groups excluding carboxylic acids is 3. The fourth-order valence-electron chi connectivity index (χ4n) is 7.35. The molecule has 3 saturated carbocycles. The van der Waals surface area contributed by atoms with Crippen LogP contribution in [0.3, 0.4) is 0 Å². The topological polar surface area (TPSA) is 101 Å². The number of Topliss-reactive ketones (excluding diaryl/α,β-unsaturated/α-hetero) is 1. The maximum Gasteiger partial charge on any atom is 0.389 e. The zero-order valence-electron chi connectivity index (χ0n) is 17.6. The molecule has 0 aromatic rings. The number of aliphatic hydroxyl groups is 2.